The zero-order valence-corrected chi connectivity index (χ0v) is 10.5. The van der Waals surface area contributed by atoms with Crippen molar-refractivity contribution in [3.63, 3.8) is 0 Å². The van der Waals surface area contributed by atoms with E-state index in [2.05, 4.69) is 25.2 Å². The number of hydrogen-bond donors (Lipinski definition) is 2. The van der Waals surface area contributed by atoms with Gasteiger partial charge in [0.05, 0.1) is 0 Å². The first-order valence-electron chi connectivity index (χ1n) is 6.26. The minimum Gasteiger partial charge on any atom is -0.326 e. The molecule has 1 aromatic carbocycles. The molecular weight excluding hydrogens is 212 g/mol. The van der Waals surface area contributed by atoms with Crippen molar-refractivity contribution in [3.8, 4) is 0 Å². The number of fused-ring (bicyclic) bond motifs is 1. The lowest BCUT2D eigenvalue weighted by Gasteiger charge is -2.18. The van der Waals surface area contributed by atoms with E-state index in [1.807, 2.05) is 12.1 Å². The van der Waals surface area contributed by atoms with Crippen LogP contribution in [0.1, 0.15) is 43.9 Å². The Hall–Kier alpha value is -1.35. The quantitative estimate of drug-likeness (QED) is 0.823. The molecule has 0 saturated heterocycles. The molecule has 3 heteroatoms. The van der Waals surface area contributed by atoms with Gasteiger partial charge in [0.1, 0.15) is 0 Å². The Bertz CT molecular complexity index is 426. The molecule has 0 radical (unpaired) electrons. The summed E-state index contributed by atoms with van der Waals surface area (Å²) in [6.45, 7) is 4.25. The summed E-state index contributed by atoms with van der Waals surface area (Å²) in [4.78, 5) is 11.4. The molecular formula is C14H20N2O. The highest BCUT2D eigenvalue weighted by atomic mass is 16.1. The van der Waals surface area contributed by atoms with E-state index in [4.69, 9.17) is 5.73 Å². The number of nitrogens with two attached hydrogens (primary N) is 1. The molecule has 0 aliphatic carbocycles. The van der Waals surface area contributed by atoms with Crippen molar-refractivity contribution in [2.75, 3.05) is 5.32 Å². The number of amides is 1. The summed E-state index contributed by atoms with van der Waals surface area (Å²) in [7, 11) is 0. The van der Waals surface area contributed by atoms with Gasteiger partial charge in [-0.25, -0.2) is 0 Å². The van der Waals surface area contributed by atoms with E-state index in [0.29, 0.717) is 12.3 Å². The molecule has 2 rings (SSSR count). The number of anilines is 1. The fraction of sp³-hybridized carbons (Fsp3) is 0.500. The summed E-state index contributed by atoms with van der Waals surface area (Å²) in [6, 6.07) is 6.22. The Balaban J connectivity index is 2.30. The lowest BCUT2D eigenvalue weighted by Crippen LogP contribution is -2.17. The van der Waals surface area contributed by atoms with E-state index in [1.165, 1.54) is 5.56 Å². The van der Waals surface area contributed by atoms with E-state index in [-0.39, 0.29) is 11.9 Å². The van der Waals surface area contributed by atoms with Gasteiger partial charge in [-0.1, -0.05) is 26.0 Å². The van der Waals surface area contributed by atoms with E-state index in [0.717, 1.165) is 24.1 Å². The van der Waals surface area contributed by atoms with Crippen molar-refractivity contribution >= 4 is 11.6 Å². The second kappa shape index (κ2) is 4.88. The number of carbonyl (C=O) groups excluding carboxylic acids is 1. The average Bonchev–Trinajstić information content (AvgIpc) is 2.47. The van der Waals surface area contributed by atoms with Crippen molar-refractivity contribution < 1.29 is 4.79 Å². The van der Waals surface area contributed by atoms with Gasteiger partial charge in [0.15, 0.2) is 0 Å². The fourth-order valence-corrected chi connectivity index (χ4v) is 2.19. The van der Waals surface area contributed by atoms with Crippen LogP contribution in [0.4, 0.5) is 5.69 Å². The molecule has 1 aliphatic rings. The average molecular weight is 232 g/mol. The highest BCUT2D eigenvalue weighted by Gasteiger charge is 2.16. The summed E-state index contributed by atoms with van der Waals surface area (Å²) in [5.74, 6) is 0.540. The molecule has 17 heavy (non-hydrogen) atoms. The molecule has 1 atom stereocenters. The third-order valence-electron chi connectivity index (χ3n) is 3.36. The van der Waals surface area contributed by atoms with E-state index < -0.39 is 0 Å². The van der Waals surface area contributed by atoms with Crippen LogP contribution in [0.25, 0.3) is 0 Å². The molecule has 1 aliphatic heterocycles. The molecule has 0 aromatic heterocycles. The molecule has 1 heterocycles. The summed E-state index contributed by atoms with van der Waals surface area (Å²) in [6.07, 6.45) is 2.48. The van der Waals surface area contributed by atoms with Crippen LogP contribution in [0.5, 0.6) is 0 Å². The van der Waals surface area contributed by atoms with Crippen molar-refractivity contribution in [1.29, 1.82) is 0 Å². The normalized spacial score (nSPS) is 17.3. The van der Waals surface area contributed by atoms with Crippen LogP contribution in [0.3, 0.4) is 0 Å². The predicted molar refractivity (Wildman–Crippen MR) is 69.8 cm³/mol. The van der Waals surface area contributed by atoms with Crippen LogP contribution in [0, 0.1) is 5.92 Å². The maximum absolute atomic E-state index is 11.4. The summed E-state index contributed by atoms with van der Waals surface area (Å²) >= 11 is 0. The lowest BCUT2D eigenvalue weighted by atomic mass is 9.94. The molecule has 92 valence electrons. The Morgan fingerprint density at radius 2 is 2.06 bits per heavy atom. The van der Waals surface area contributed by atoms with Crippen molar-refractivity contribution in [2.24, 2.45) is 11.7 Å². The van der Waals surface area contributed by atoms with Gasteiger partial charge < -0.3 is 11.1 Å². The number of carbonyl (C=O) groups is 1. The number of hydrogen-bond acceptors (Lipinski definition) is 2. The third-order valence-corrected chi connectivity index (χ3v) is 3.36. The first-order valence-corrected chi connectivity index (χ1v) is 6.26. The Morgan fingerprint density at radius 3 is 2.76 bits per heavy atom. The second-order valence-electron chi connectivity index (χ2n) is 5.09. The fourth-order valence-electron chi connectivity index (χ4n) is 2.19. The second-order valence-corrected chi connectivity index (χ2v) is 5.09. The molecule has 0 bridgehead atoms. The zero-order valence-electron chi connectivity index (χ0n) is 10.5. The van der Waals surface area contributed by atoms with E-state index in [9.17, 15) is 4.79 Å². The van der Waals surface area contributed by atoms with Crippen LogP contribution in [0.2, 0.25) is 0 Å². The summed E-state index contributed by atoms with van der Waals surface area (Å²) in [5.41, 5.74) is 9.48. The molecule has 0 fully saturated rings. The Morgan fingerprint density at radius 1 is 1.29 bits per heavy atom. The molecule has 1 aromatic rings. The SMILES string of the molecule is CC(C)C(N)c1ccc2c(c1)CCCC(=O)N2. The number of aryl methyl sites for hydroxylation is 1. The van der Waals surface area contributed by atoms with Crippen LogP contribution in [-0.2, 0) is 11.2 Å². The topological polar surface area (TPSA) is 55.1 Å². The van der Waals surface area contributed by atoms with Gasteiger partial charge in [0.2, 0.25) is 5.91 Å². The monoisotopic (exact) mass is 232 g/mol. The van der Waals surface area contributed by atoms with Crippen LogP contribution in [-0.4, -0.2) is 5.91 Å². The summed E-state index contributed by atoms with van der Waals surface area (Å²) in [5, 5.41) is 2.94. The zero-order chi connectivity index (χ0) is 12.4. The largest absolute Gasteiger partial charge is 0.326 e. The smallest absolute Gasteiger partial charge is 0.224 e. The van der Waals surface area contributed by atoms with Crippen LogP contribution < -0.4 is 11.1 Å². The van der Waals surface area contributed by atoms with Gasteiger partial charge in [-0.15, -0.1) is 0 Å². The number of nitrogens with one attached hydrogen (secondary N) is 1. The highest BCUT2D eigenvalue weighted by Crippen LogP contribution is 2.27. The van der Waals surface area contributed by atoms with Crippen LogP contribution in [0.15, 0.2) is 18.2 Å². The van der Waals surface area contributed by atoms with Gasteiger partial charge >= 0.3 is 0 Å². The predicted octanol–water partition coefficient (Wildman–Crippen LogP) is 2.62. The van der Waals surface area contributed by atoms with Crippen LogP contribution >= 0.6 is 0 Å². The van der Waals surface area contributed by atoms with Crippen molar-refractivity contribution in [1.82, 2.24) is 0 Å². The summed E-state index contributed by atoms with van der Waals surface area (Å²) < 4.78 is 0. The first-order chi connectivity index (χ1) is 8.08. The van der Waals surface area contributed by atoms with E-state index >= 15 is 0 Å². The molecule has 1 amide bonds. The number of benzene rings is 1. The third kappa shape index (κ3) is 2.67. The molecule has 3 N–H and O–H groups in total. The molecule has 3 nitrogen and oxygen atoms in total. The maximum atomic E-state index is 11.4. The molecule has 0 saturated carbocycles. The maximum Gasteiger partial charge on any atom is 0.224 e. The first kappa shape index (κ1) is 12.1. The van der Waals surface area contributed by atoms with Crippen molar-refractivity contribution in [3.05, 3.63) is 29.3 Å². The van der Waals surface area contributed by atoms with Gasteiger partial charge in [-0.3, -0.25) is 4.79 Å². The van der Waals surface area contributed by atoms with Gasteiger partial charge in [-0.2, -0.15) is 0 Å². The molecule has 1 unspecified atom stereocenters. The van der Waals surface area contributed by atoms with Gasteiger partial charge in [0.25, 0.3) is 0 Å². The van der Waals surface area contributed by atoms with Gasteiger partial charge in [-0.05, 0) is 36.0 Å². The van der Waals surface area contributed by atoms with Crippen molar-refractivity contribution in [2.45, 2.75) is 39.2 Å². The minimum absolute atomic E-state index is 0.0688. The molecule has 0 spiro atoms. The Labute approximate surface area is 102 Å². The van der Waals surface area contributed by atoms with E-state index in [1.54, 1.807) is 0 Å². The Kier molecular flexibility index (Phi) is 3.48. The van der Waals surface area contributed by atoms with Gasteiger partial charge in [0, 0.05) is 18.2 Å². The lowest BCUT2D eigenvalue weighted by molar-refractivity contribution is -0.116. The highest BCUT2D eigenvalue weighted by molar-refractivity contribution is 5.92. The standard InChI is InChI=1S/C14H20N2O/c1-9(2)14(15)11-6-7-12-10(8-11)4-3-5-13(17)16-12/h6-9,14H,3-5,15H2,1-2H3,(H,16,17). The number of rotatable bonds is 2. The minimum atomic E-state index is 0.0688.